The fourth-order valence-electron chi connectivity index (χ4n) is 2.24. The lowest BCUT2D eigenvalue weighted by atomic mass is 10.2. The second-order valence-corrected chi connectivity index (χ2v) is 6.37. The first-order chi connectivity index (χ1) is 12.4. The highest BCUT2D eigenvalue weighted by Crippen LogP contribution is 2.32. The summed E-state index contributed by atoms with van der Waals surface area (Å²) in [5, 5.41) is 8.47. The smallest absolute Gasteiger partial charge is 0.324 e. The Kier molecular flexibility index (Phi) is 5.23. The van der Waals surface area contributed by atoms with Crippen LogP contribution in [-0.4, -0.2) is 24.7 Å². The van der Waals surface area contributed by atoms with Crippen LogP contribution in [0.15, 0.2) is 41.8 Å². The predicted molar refractivity (Wildman–Crippen MR) is 90.6 cm³/mol. The molecule has 0 fully saturated rings. The Morgan fingerprint density at radius 1 is 1.15 bits per heavy atom. The van der Waals surface area contributed by atoms with Crippen molar-refractivity contribution in [1.82, 2.24) is 24.7 Å². The summed E-state index contributed by atoms with van der Waals surface area (Å²) in [6.45, 7) is 1.88. The molecule has 2 N–H and O–H groups in total. The van der Waals surface area contributed by atoms with Gasteiger partial charge in [-0.05, 0) is 25.1 Å². The van der Waals surface area contributed by atoms with E-state index in [9.17, 15) is 13.2 Å². The van der Waals surface area contributed by atoms with Gasteiger partial charge in [0, 0.05) is 18.1 Å². The van der Waals surface area contributed by atoms with Gasteiger partial charge in [-0.1, -0.05) is 17.8 Å². The molecule has 10 heteroatoms. The van der Waals surface area contributed by atoms with E-state index in [1.54, 1.807) is 18.5 Å². The summed E-state index contributed by atoms with van der Waals surface area (Å²) in [7, 11) is 0. The molecule has 0 saturated heterocycles. The fourth-order valence-corrected chi connectivity index (χ4v) is 3.10. The molecule has 26 heavy (non-hydrogen) atoms. The predicted octanol–water partition coefficient (Wildman–Crippen LogP) is 3.14. The molecular weight excluding hydrogens is 365 g/mol. The zero-order chi connectivity index (χ0) is 18.7. The quantitative estimate of drug-likeness (QED) is 0.685. The van der Waals surface area contributed by atoms with Crippen LogP contribution < -0.4 is 5.73 Å². The van der Waals surface area contributed by atoms with Crippen molar-refractivity contribution in [3.63, 3.8) is 0 Å². The molecule has 3 rings (SSSR count). The number of hydrogen-bond donors (Lipinski definition) is 1. The summed E-state index contributed by atoms with van der Waals surface area (Å²) in [6, 6.07) is 4.98. The number of alkyl halides is 3. The number of aryl methyl sites for hydroxylation is 1. The zero-order valence-corrected chi connectivity index (χ0v) is 14.6. The van der Waals surface area contributed by atoms with E-state index in [0.717, 1.165) is 23.5 Å². The Morgan fingerprint density at radius 3 is 2.62 bits per heavy atom. The third-order valence-corrected chi connectivity index (χ3v) is 4.46. The van der Waals surface area contributed by atoms with Crippen molar-refractivity contribution in [3.8, 4) is 5.69 Å². The van der Waals surface area contributed by atoms with E-state index in [4.69, 9.17) is 5.73 Å². The Bertz CT molecular complexity index is 892. The van der Waals surface area contributed by atoms with Gasteiger partial charge >= 0.3 is 6.18 Å². The van der Waals surface area contributed by atoms with Crippen LogP contribution >= 0.6 is 11.8 Å². The summed E-state index contributed by atoms with van der Waals surface area (Å²) < 4.78 is 40.6. The van der Waals surface area contributed by atoms with Crippen molar-refractivity contribution in [2.24, 2.45) is 5.73 Å². The van der Waals surface area contributed by atoms with Crippen LogP contribution in [0.25, 0.3) is 5.69 Å². The summed E-state index contributed by atoms with van der Waals surface area (Å²) in [4.78, 5) is 8.42. The van der Waals surface area contributed by atoms with Crippen LogP contribution in [0.4, 0.5) is 13.2 Å². The minimum Gasteiger partial charge on any atom is -0.324 e. The highest BCUT2D eigenvalue weighted by molar-refractivity contribution is 7.98. The first kappa shape index (κ1) is 18.3. The highest BCUT2D eigenvalue weighted by Gasteiger charge is 2.31. The molecule has 0 aliphatic heterocycles. The van der Waals surface area contributed by atoms with Gasteiger partial charge in [-0.3, -0.25) is 14.5 Å². The Hall–Kier alpha value is -2.46. The molecule has 0 bridgehead atoms. The molecule has 0 aliphatic rings. The molecule has 1 aromatic carbocycles. The van der Waals surface area contributed by atoms with Crippen molar-refractivity contribution in [2.45, 2.75) is 30.6 Å². The van der Waals surface area contributed by atoms with E-state index in [1.807, 2.05) is 6.92 Å². The number of hydrogen-bond acceptors (Lipinski definition) is 6. The molecule has 0 amide bonds. The van der Waals surface area contributed by atoms with Crippen LogP contribution in [0.2, 0.25) is 0 Å². The lowest BCUT2D eigenvalue weighted by Crippen LogP contribution is -2.10. The molecule has 3 aromatic rings. The lowest BCUT2D eigenvalue weighted by Gasteiger charge is -2.12. The molecule has 2 aromatic heterocycles. The third kappa shape index (κ3) is 4.02. The average molecular weight is 380 g/mol. The van der Waals surface area contributed by atoms with Gasteiger partial charge < -0.3 is 5.73 Å². The molecule has 0 unspecified atom stereocenters. The van der Waals surface area contributed by atoms with E-state index in [2.05, 4.69) is 20.2 Å². The lowest BCUT2D eigenvalue weighted by molar-refractivity contribution is -0.137. The van der Waals surface area contributed by atoms with Gasteiger partial charge in [0.1, 0.15) is 0 Å². The first-order valence-corrected chi connectivity index (χ1v) is 8.59. The Balaban J connectivity index is 1.92. The standard InChI is InChI=1S/C16H15F3N6S/c1-10-7-22-12(8-21-10)9-26-15-24-23-14(6-20)25(15)13-4-2-3-11(5-13)16(17,18)19/h2-5,7-8H,6,9,20H2,1H3. The molecule has 0 radical (unpaired) electrons. The average Bonchev–Trinajstić information content (AvgIpc) is 3.03. The van der Waals surface area contributed by atoms with Gasteiger partial charge in [0.25, 0.3) is 0 Å². The minimum atomic E-state index is -4.43. The molecule has 0 saturated carbocycles. The normalized spacial score (nSPS) is 11.7. The fraction of sp³-hybridized carbons (Fsp3) is 0.250. The van der Waals surface area contributed by atoms with Crippen molar-refractivity contribution in [2.75, 3.05) is 0 Å². The van der Waals surface area contributed by atoms with Gasteiger partial charge in [-0.25, -0.2) is 0 Å². The largest absolute Gasteiger partial charge is 0.416 e. The third-order valence-electron chi connectivity index (χ3n) is 3.50. The molecule has 136 valence electrons. The number of halogens is 3. The Morgan fingerprint density at radius 2 is 1.96 bits per heavy atom. The van der Waals surface area contributed by atoms with Gasteiger partial charge in [0.2, 0.25) is 0 Å². The number of nitrogens with two attached hydrogens (primary N) is 1. The summed E-state index contributed by atoms with van der Waals surface area (Å²) in [5.74, 6) is 0.830. The van der Waals surface area contributed by atoms with Crippen LogP contribution in [0.1, 0.15) is 22.8 Å². The summed E-state index contributed by atoms with van der Waals surface area (Å²) >= 11 is 1.30. The van der Waals surface area contributed by atoms with E-state index >= 15 is 0 Å². The molecular formula is C16H15F3N6S. The van der Waals surface area contributed by atoms with Crippen LogP contribution in [-0.2, 0) is 18.5 Å². The van der Waals surface area contributed by atoms with E-state index in [1.165, 1.54) is 22.4 Å². The second-order valence-electron chi connectivity index (χ2n) is 5.42. The van der Waals surface area contributed by atoms with Crippen LogP contribution in [0, 0.1) is 6.92 Å². The van der Waals surface area contributed by atoms with Crippen molar-refractivity contribution in [1.29, 1.82) is 0 Å². The minimum absolute atomic E-state index is 0.0497. The van der Waals surface area contributed by atoms with Gasteiger partial charge in [0.05, 0.1) is 29.2 Å². The zero-order valence-electron chi connectivity index (χ0n) is 13.7. The van der Waals surface area contributed by atoms with Gasteiger partial charge in [-0.15, -0.1) is 10.2 Å². The molecule has 6 nitrogen and oxygen atoms in total. The van der Waals surface area contributed by atoms with Crippen molar-refractivity contribution < 1.29 is 13.2 Å². The van der Waals surface area contributed by atoms with Crippen LogP contribution in [0.3, 0.4) is 0 Å². The topological polar surface area (TPSA) is 82.5 Å². The van der Waals surface area contributed by atoms with Crippen LogP contribution in [0.5, 0.6) is 0 Å². The summed E-state index contributed by atoms with van der Waals surface area (Å²) in [6.07, 6.45) is -1.13. The summed E-state index contributed by atoms with van der Waals surface area (Å²) in [5.41, 5.74) is 6.77. The molecule has 2 heterocycles. The number of aromatic nitrogens is 5. The van der Waals surface area contributed by atoms with E-state index in [-0.39, 0.29) is 6.54 Å². The number of rotatable bonds is 5. The highest BCUT2D eigenvalue weighted by atomic mass is 32.2. The maximum atomic E-state index is 13.0. The maximum absolute atomic E-state index is 13.0. The molecule has 0 atom stereocenters. The van der Waals surface area contributed by atoms with Crippen molar-refractivity contribution in [3.05, 3.63) is 59.4 Å². The monoisotopic (exact) mass is 380 g/mol. The number of thioether (sulfide) groups is 1. The maximum Gasteiger partial charge on any atom is 0.416 e. The second kappa shape index (κ2) is 7.42. The van der Waals surface area contributed by atoms with Crippen molar-refractivity contribution >= 4 is 11.8 Å². The van der Waals surface area contributed by atoms with Gasteiger partial charge in [0.15, 0.2) is 11.0 Å². The van der Waals surface area contributed by atoms with Gasteiger partial charge in [-0.2, -0.15) is 13.2 Å². The number of nitrogens with zero attached hydrogens (tertiary/aromatic N) is 5. The SMILES string of the molecule is Cc1cnc(CSc2nnc(CN)n2-c2cccc(C(F)(F)F)c2)cn1. The molecule has 0 aliphatic carbocycles. The van der Waals surface area contributed by atoms with E-state index < -0.39 is 11.7 Å². The first-order valence-electron chi connectivity index (χ1n) is 7.61. The molecule has 0 spiro atoms. The Labute approximate surface area is 151 Å². The number of benzene rings is 1. The van der Waals surface area contributed by atoms with E-state index in [0.29, 0.717) is 22.4 Å².